The molecule has 10 heteroatoms. The summed E-state index contributed by atoms with van der Waals surface area (Å²) in [5.41, 5.74) is 4.49. The van der Waals surface area contributed by atoms with Gasteiger partial charge in [0.15, 0.2) is 11.6 Å². The van der Waals surface area contributed by atoms with Crippen LogP contribution in [0.4, 0.5) is 0 Å². The van der Waals surface area contributed by atoms with Crippen molar-refractivity contribution in [3.05, 3.63) is 119 Å². The lowest BCUT2D eigenvalue weighted by Gasteiger charge is -2.17. The summed E-state index contributed by atoms with van der Waals surface area (Å²) in [5, 5.41) is 6.37. The molecule has 0 bridgehead atoms. The van der Waals surface area contributed by atoms with Gasteiger partial charge in [0.05, 0.1) is 43.8 Å². The Labute approximate surface area is 273 Å². The molecule has 5 rings (SSSR count). The first-order valence-electron chi connectivity index (χ1n) is 13.4. The van der Waals surface area contributed by atoms with Gasteiger partial charge in [0.2, 0.25) is 0 Å². The largest absolute Gasteiger partial charge is 0.496 e. The highest BCUT2D eigenvalue weighted by atomic mass is 79.9. The SMILES string of the molecule is COc1cc(C)c(-c2nc3ccccc3c(=O)n2N=Cc2cc(Cl)c(OCc3ccc(Cl)c(Cl)c3)c(Br)c2)cc1C(C)C. The lowest BCUT2D eigenvalue weighted by Crippen LogP contribution is -2.20. The van der Waals surface area contributed by atoms with Crippen LogP contribution in [-0.4, -0.2) is 23.0 Å². The van der Waals surface area contributed by atoms with E-state index in [0.29, 0.717) is 47.6 Å². The van der Waals surface area contributed by atoms with Gasteiger partial charge < -0.3 is 9.47 Å². The third-order valence-electron chi connectivity index (χ3n) is 6.90. The predicted octanol–water partition coefficient (Wildman–Crippen LogP) is 9.69. The maximum Gasteiger partial charge on any atom is 0.282 e. The number of hydrogen-bond acceptors (Lipinski definition) is 5. The maximum absolute atomic E-state index is 13.8. The molecule has 0 N–H and O–H groups in total. The number of aryl methyl sites for hydroxylation is 1. The van der Waals surface area contributed by atoms with E-state index in [1.165, 1.54) is 4.68 Å². The van der Waals surface area contributed by atoms with Gasteiger partial charge in [-0.3, -0.25) is 4.79 Å². The van der Waals surface area contributed by atoms with Gasteiger partial charge in [-0.25, -0.2) is 4.98 Å². The molecule has 0 unspecified atom stereocenters. The molecule has 0 fully saturated rings. The Kier molecular flexibility index (Phi) is 9.47. The van der Waals surface area contributed by atoms with Gasteiger partial charge >= 0.3 is 0 Å². The fraction of sp³-hybridized carbons (Fsp3) is 0.182. The van der Waals surface area contributed by atoms with E-state index in [2.05, 4.69) is 34.9 Å². The van der Waals surface area contributed by atoms with Crippen molar-refractivity contribution in [3.8, 4) is 22.9 Å². The molecule has 1 aromatic heterocycles. The maximum atomic E-state index is 13.8. The van der Waals surface area contributed by atoms with Crippen LogP contribution in [-0.2, 0) is 6.61 Å². The van der Waals surface area contributed by atoms with Crippen molar-refractivity contribution in [2.45, 2.75) is 33.3 Å². The van der Waals surface area contributed by atoms with Gasteiger partial charge in [-0.2, -0.15) is 9.78 Å². The fourth-order valence-electron chi connectivity index (χ4n) is 4.67. The Morgan fingerprint density at radius 2 is 1.77 bits per heavy atom. The quantitative estimate of drug-likeness (QED) is 0.151. The summed E-state index contributed by atoms with van der Waals surface area (Å²) in [5.74, 6) is 1.87. The number of para-hydroxylation sites is 1. The molecule has 220 valence electrons. The second-order valence-corrected chi connectivity index (χ2v) is 12.3. The number of ether oxygens (including phenoxy) is 2. The van der Waals surface area contributed by atoms with E-state index < -0.39 is 0 Å². The van der Waals surface area contributed by atoms with Gasteiger partial charge in [0.1, 0.15) is 12.4 Å². The molecule has 0 saturated carbocycles. The highest BCUT2D eigenvalue weighted by Crippen LogP contribution is 2.36. The number of rotatable bonds is 8. The number of nitrogens with zero attached hydrogens (tertiary/aromatic N) is 3. The topological polar surface area (TPSA) is 65.7 Å². The average molecular weight is 700 g/mol. The second-order valence-electron chi connectivity index (χ2n) is 10.2. The Bertz CT molecular complexity index is 1920. The second kappa shape index (κ2) is 13.1. The van der Waals surface area contributed by atoms with Crippen molar-refractivity contribution in [2.75, 3.05) is 7.11 Å². The number of methoxy groups -OCH3 is 1. The van der Waals surface area contributed by atoms with E-state index in [4.69, 9.17) is 49.3 Å². The Morgan fingerprint density at radius 3 is 2.47 bits per heavy atom. The van der Waals surface area contributed by atoms with Crippen molar-refractivity contribution < 1.29 is 9.47 Å². The number of hydrogen-bond donors (Lipinski definition) is 0. The van der Waals surface area contributed by atoms with Crippen LogP contribution in [0.3, 0.4) is 0 Å². The summed E-state index contributed by atoms with van der Waals surface area (Å²) >= 11 is 22.3. The van der Waals surface area contributed by atoms with Gasteiger partial charge in [-0.05, 0) is 99.6 Å². The number of fused-ring (bicyclic) bond motifs is 1. The zero-order valence-electron chi connectivity index (χ0n) is 23.8. The molecule has 0 radical (unpaired) electrons. The molecular formula is C33H27BrCl3N3O3. The van der Waals surface area contributed by atoms with E-state index in [9.17, 15) is 4.79 Å². The third-order valence-corrected chi connectivity index (χ3v) is 8.51. The van der Waals surface area contributed by atoms with Gasteiger partial charge in [-0.15, -0.1) is 0 Å². The van der Waals surface area contributed by atoms with Crippen LogP contribution in [0.25, 0.3) is 22.3 Å². The average Bonchev–Trinajstić information content (AvgIpc) is 2.97. The highest BCUT2D eigenvalue weighted by Gasteiger charge is 2.18. The van der Waals surface area contributed by atoms with Crippen LogP contribution in [0.2, 0.25) is 15.1 Å². The van der Waals surface area contributed by atoms with Crippen molar-refractivity contribution >= 4 is 67.9 Å². The molecule has 6 nitrogen and oxygen atoms in total. The molecule has 4 aromatic carbocycles. The predicted molar refractivity (Wildman–Crippen MR) is 180 cm³/mol. The van der Waals surface area contributed by atoms with Crippen LogP contribution in [0.1, 0.15) is 42.0 Å². The normalized spacial score (nSPS) is 11.6. The zero-order chi connectivity index (χ0) is 30.8. The molecule has 43 heavy (non-hydrogen) atoms. The van der Waals surface area contributed by atoms with E-state index >= 15 is 0 Å². The first kappa shape index (κ1) is 31.1. The molecule has 0 spiro atoms. The number of halogens is 4. The van der Waals surface area contributed by atoms with E-state index in [0.717, 1.165) is 28.0 Å². The van der Waals surface area contributed by atoms with Gasteiger partial charge in [-0.1, -0.05) is 66.8 Å². The van der Waals surface area contributed by atoms with Gasteiger partial charge in [0.25, 0.3) is 5.56 Å². The lowest BCUT2D eigenvalue weighted by atomic mass is 9.96. The van der Waals surface area contributed by atoms with Crippen LogP contribution >= 0.6 is 50.7 Å². The van der Waals surface area contributed by atoms with Crippen molar-refractivity contribution in [2.24, 2.45) is 5.10 Å². The number of aromatic nitrogens is 2. The van der Waals surface area contributed by atoms with Crippen LogP contribution in [0, 0.1) is 6.92 Å². The van der Waals surface area contributed by atoms with Crippen LogP contribution in [0.15, 0.2) is 81.1 Å². The molecule has 0 aliphatic heterocycles. The summed E-state index contributed by atoms with van der Waals surface area (Å²) in [6.07, 6.45) is 1.57. The molecule has 0 atom stereocenters. The van der Waals surface area contributed by atoms with Crippen LogP contribution < -0.4 is 15.0 Å². The first-order chi connectivity index (χ1) is 20.6. The first-order valence-corrected chi connectivity index (χ1v) is 15.3. The fourth-order valence-corrected chi connectivity index (χ4v) is 5.98. The summed E-state index contributed by atoms with van der Waals surface area (Å²) in [4.78, 5) is 18.6. The van der Waals surface area contributed by atoms with Crippen LogP contribution in [0.5, 0.6) is 11.5 Å². The van der Waals surface area contributed by atoms with E-state index in [1.807, 2.05) is 49.4 Å². The zero-order valence-corrected chi connectivity index (χ0v) is 27.6. The monoisotopic (exact) mass is 697 g/mol. The minimum Gasteiger partial charge on any atom is -0.496 e. The molecule has 5 aromatic rings. The Hall–Kier alpha value is -3.36. The van der Waals surface area contributed by atoms with Crippen molar-refractivity contribution in [3.63, 3.8) is 0 Å². The summed E-state index contributed by atoms with van der Waals surface area (Å²) in [7, 11) is 1.65. The standard InChI is InChI=1S/C33H27BrCl3N3O3/c1-18(2)23-15-24(19(3)11-30(23)42-4)32-39-29-8-6-5-7-22(29)33(41)40(32)38-16-21-12-25(34)31(28(37)14-21)43-17-20-9-10-26(35)27(36)13-20/h5-16,18H,17H2,1-4H3. The lowest BCUT2D eigenvalue weighted by molar-refractivity contribution is 0.304. The smallest absolute Gasteiger partial charge is 0.282 e. The Balaban J connectivity index is 1.55. The highest BCUT2D eigenvalue weighted by molar-refractivity contribution is 9.10. The molecule has 1 heterocycles. The molecule has 0 amide bonds. The summed E-state index contributed by atoms with van der Waals surface area (Å²) in [6, 6.07) is 20.0. The van der Waals surface area contributed by atoms with Crippen molar-refractivity contribution in [1.29, 1.82) is 0 Å². The molecule has 0 aliphatic carbocycles. The third kappa shape index (κ3) is 6.60. The van der Waals surface area contributed by atoms with E-state index in [1.54, 1.807) is 37.6 Å². The number of benzene rings is 4. The Morgan fingerprint density at radius 1 is 1.00 bits per heavy atom. The van der Waals surface area contributed by atoms with E-state index in [-0.39, 0.29) is 18.1 Å². The summed E-state index contributed by atoms with van der Waals surface area (Å²) < 4.78 is 13.6. The molecule has 0 aliphatic rings. The van der Waals surface area contributed by atoms with Crippen molar-refractivity contribution in [1.82, 2.24) is 9.66 Å². The minimum absolute atomic E-state index is 0.190. The minimum atomic E-state index is -0.287. The summed E-state index contributed by atoms with van der Waals surface area (Å²) in [6.45, 7) is 6.39. The van der Waals surface area contributed by atoms with Gasteiger partial charge in [0, 0.05) is 5.56 Å². The molecular weight excluding hydrogens is 673 g/mol. The molecule has 0 saturated heterocycles.